The number of rotatable bonds is 6. The van der Waals surface area contributed by atoms with Gasteiger partial charge in [0.2, 0.25) is 0 Å². The maximum Gasteiger partial charge on any atom is 0.393 e. The molecule has 3 N–H and O–H groups in total. The SMILES string of the molecule is COc1cc2c(cc1NCC#Cc1sc3c(NC4CCN(C)CC4F)cccc3c1CC(F)(F)F)CNS2. The van der Waals surface area contributed by atoms with Crippen molar-refractivity contribution in [3.8, 4) is 17.6 Å². The molecule has 2 aromatic carbocycles. The summed E-state index contributed by atoms with van der Waals surface area (Å²) in [5, 5.41) is 7.00. The van der Waals surface area contributed by atoms with E-state index in [9.17, 15) is 17.6 Å². The van der Waals surface area contributed by atoms with Crippen LogP contribution in [0.3, 0.4) is 0 Å². The van der Waals surface area contributed by atoms with E-state index >= 15 is 0 Å². The van der Waals surface area contributed by atoms with Crippen molar-refractivity contribution in [1.29, 1.82) is 0 Å². The number of benzene rings is 2. The zero-order valence-corrected chi connectivity index (χ0v) is 22.6. The van der Waals surface area contributed by atoms with Crippen LogP contribution in [-0.4, -0.2) is 57.1 Å². The molecule has 1 aromatic heterocycles. The molecule has 0 bridgehead atoms. The van der Waals surface area contributed by atoms with Crippen LogP contribution in [-0.2, 0) is 13.0 Å². The van der Waals surface area contributed by atoms with Crippen LogP contribution in [0.1, 0.15) is 22.4 Å². The van der Waals surface area contributed by atoms with E-state index in [1.807, 2.05) is 24.1 Å². The molecular weight excluding hydrogens is 536 g/mol. The third-order valence-corrected chi connectivity index (χ3v) is 8.76. The number of piperidine rings is 1. The van der Waals surface area contributed by atoms with Crippen molar-refractivity contribution in [2.24, 2.45) is 0 Å². The zero-order chi connectivity index (χ0) is 26.9. The highest BCUT2D eigenvalue weighted by atomic mass is 32.2. The lowest BCUT2D eigenvalue weighted by molar-refractivity contribution is -0.126. The first-order valence-corrected chi connectivity index (χ1v) is 13.9. The first-order valence-electron chi connectivity index (χ1n) is 12.3. The van der Waals surface area contributed by atoms with Crippen LogP contribution >= 0.6 is 23.3 Å². The van der Waals surface area contributed by atoms with E-state index in [0.29, 0.717) is 39.4 Å². The Hall–Kier alpha value is -2.65. The minimum absolute atomic E-state index is 0.159. The van der Waals surface area contributed by atoms with Crippen LogP contribution in [0.15, 0.2) is 35.2 Å². The Morgan fingerprint density at radius 2 is 2.08 bits per heavy atom. The molecule has 2 unspecified atom stereocenters. The second-order valence-corrected chi connectivity index (χ2v) is 11.4. The zero-order valence-electron chi connectivity index (χ0n) is 21.0. The number of halogens is 4. The lowest BCUT2D eigenvalue weighted by Gasteiger charge is -2.33. The monoisotopic (exact) mass is 564 g/mol. The fraction of sp³-hybridized carbons (Fsp3) is 0.407. The molecule has 202 valence electrons. The standard InChI is InChI=1S/C27H28F4N4OS2/c1-35-10-8-20(19(28)15-35)34-21-6-3-5-17-18(13-27(29,30)31)24(37-26(17)21)7-4-9-32-22-11-16-14-33-38-25(16)12-23(22)36-2/h3,5-6,11-12,19-20,32-34H,8-10,13-15H2,1-2H3. The Morgan fingerprint density at radius 3 is 2.84 bits per heavy atom. The number of likely N-dealkylation sites (tertiary alicyclic amines) is 1. The van der Waals surface area contributed by atoms with Gasteiger partial charge in [0.25, 0.3) is 0 Å². The number of methoxy groups -OCH3 is 1. The predicted octanol–water partition coefficient (Wildman–Crippen LogP) is 6.04. The van der Waals surface area contributed by atoms with Gasteiger partial charge in [0.05, 0.1) is 47.1 Å². The quantitative estimate of drug-likeness (QED) is 0.193. The van der Waals surface area contributed by atoms with Crippen molar-refractivity contribution < 1.29 is 22.3 Å². The molecule has 2 aliphatic rings. The summed E-state index contributed by atoms with van der Waals surface area (Å²) in [7, 11) is 3.47. The topological polar surface area (TPSA) is 48.6 Å². The number of alkyl halides is 4. The Balaban J connectivity index is 1.41. The molecule has 11 heteroatoms. The van der Waals surface area contributed by atoms with Gasteiger partial charge in [0.15, 0.2) is 0 Å². The van der Waals surface area contributed by atoms with Gasteiger partial charge in [-0.05, 0) is 60.1 Å². The summed E-state index contributed by atoms with van der Waals surface area (Å²) in [6.45, 7) is 2.06. The molecule has 5 rings (SSSR count). The van der Waals surface area contributed by atoms with Crippen LogP contribution in [0, 0.1) is 11.8 Å². The van der Waals surface area contributed by atoms with E-state index in [0.717, 1.165) is 29.2 Å². The number of nitrogens with one attached hydrogen (secondary N) is 3. The van der Waals surface area contributed by atoms with Crippen LogP contribution in [0.4, 0.5) is 28.9 Å². The molecule has 1 fully saturated rings. The van der Waals surface area contributed by atoms with Crippen molar-refractivity contribution in [1.82, 2.24) is 9.62 Å². The summed E-state index contributed by atoms with van der Waals surface area (Å²) >= 11 is 2.77. The minimum Gasteiger partial charge on any atom is -0.495 e. The molecule has 0 saturated carbocycles. The summed E-state index contributed by atoms with van der Waals surface area (Å²) in [6, 6.07) is 8.75. The van der Waals surface area contributed by atoms with Gasteiger partial charge in [-0.25, -0.2) is 4.39 Å². The Bertz CT molecular complexity index is 1380. The van der Waals surface area contributed by atoms with Crippen molar-refractivity contribution >= 4 is 44.7 Å². The van der Waals surface area contributed by atoms with Crippen LogP contribution < -0.4 is 20.1 Å². The maximum absolute atomic E-state index is 14.7. The first kappa shape index (κ1) is 26.9. The van der Waals surface area contributed by atoms with E-state index in [2.05, 4.69) is 27.2 Å². The van der Waals surface area contributed by atoms with Gasteiger partial charge in [0.1, 0.15) is 11.9 Å². The Labute approximate surface area is 227 Å². The second kappa shape index (κ2) is 11.2. The predicted molar refractivity (Wildman–Crippen MR) is 147 cm³/mol. The van der Waals surface area contributed by atoms with Gasteiger partial charge in [-0.15, -0.1) is 11.3 Å². The molecule has 0 aliphatic carbocycles. The fourth-order valence-electron chi connectivity index (χ4n) is 4.78. The smallest absolute Gasteiger partial charge is 0.393 e. The number of anilines is 2. The number of hydrogen-bond acceptors (Lipinski definition) is 7. The summed E-state index contributed by atoms with van der Waals surface area (Å²) < 4.78 is 64.7. The molecule has 38 heavy (non-hydrogen) atoms. The third-order valence-electron chi connectivity index (χ3n) is 6.68. The highest BCUT2D eigenvalue weighted by Crippen LogP contribution is 2.40. The number of hydrogen-bond donors (Lipinski definition) is 3. The molecule has 0 radical (unpaired) electrons. The van der Waals surface area contributed by atoms with Crippen LogP contribution in [0.25, 0.3) is 10.1 Å². The van der Waals surface area contributed by atoms with Gasteiger partial charge in [-0.1, -0.05) is 24.0 Å². The summed E-state index contributed by atoms with van der Waals surface area (Å²) in [6.07, 6.45) is -5.89. The molecule has 2 aliphatic heterocycles. The molecule has 5 nitrogen and oxygen atoms in total. The fourth-order valence-corrected chi connectivity index (χ4v) is 6.76. The average Bonchev–Trinajstić information content (AvgIpc) is 3.46. The Kier molecular flexibility index (Phi) is 7.95. The van der Waals surface area contributed by atoms with E-state index in [4.69, 9.17) is 4.74 Å². The Morgan fingerprint density at radius 1 is 1.24 bits per heavy atom. The molecular formula is C27H28F4N4OS2. The first-order chi connectivity index (χ1) is 18.2. The normalized spacial score (nSPS) is 19.6. The third kappa shape index (κ3) is 5.99. The van der Waals surface area contributed by atoms with Crippen molar-refractivity contribution in [2.75, 3.05) is 44.4 Å². The maximum atomic E-state index is 14.7. The summed E-state index contributed by atoms with van der Waals surface area (Å²) in [4.78, 5) is 3.41. The molecule has 0 amide bonds. The van der Waals surface area contributed by atoms with E-state index in [1.165, 1.54) is 11.3 Å². The molecule has 3 heterocycles. The van der Waals surface area contributed by atoms with Gasteiger partial charge >= 0.3 is 6.18 Å². The molecule has 0 spiro atoms. The van der Waals surface area contributed by atoms with Gasteiger partial charge in [-0.3, -0.25) is 4.72 Å². The second-order valence-electron chi connectivity index (χ2n) is 9.44. The van der Waals surface area contributed by atoms with Crippen molar-refractivity contribution in [3.05, 3.63) is 46.3 Å². The largest absolute Gasteiger partial charge is 0.495 e. The highest BCUT2D eigenvalue weighted by Gasteiger charge is 2.32. The van der Waals surface area contributed by atoms with E-state index in [1.54, 1.807) is 37.3 Å². The molecule has 2 atom stereocenters. The van der Waals surface area contributed by atoms with Crippen LogP contribution in [0.5, 0.6) is 5.75 Å². The van der Waals surface area contributed by atoms with E-state index in [-0.39, 0.29) is 18.2 Å². The number of nitrogens with zero attached hydrogens (tertiary/aromatic N) is 1. The molecule has 1 saturated heterocycles. The van der Waals surface area contributed by atoms with Gasteiger partial charge < -0.3 is 20.3 Å². The van der Waals surface area contributed by atoms with Gasteiger partial charge in [-0.2, -0.15) is 13.2 Å². The van der Waals surface area contributed by atoms with Crippen LogP contribution in [0.2, 0.25) is 0 Å². The average molecular weight is 565 g/mol. The van der Waals surface area contributed by atoms with Crippen molar-refractivity contribution in [2.45, 2.75) is 42.7 Å². The summed E-state index contributed by atoms with van der Waals surface area (Å²) in [5.41, 5.74) is 2.73. The number of ether oxygens (including phenoxy) is 1. The van der Waals surface area contributed by atoms with Gasteiger partial charge in [0, 0.05) is 24.5 Å². The molecule has 3 aromatic rings. The van der Waals surface area contributed by atoms with E-state index < -0.39 is 18.8 Å². The highest BCUT2D eigenvalue weighted by molar-refractivity contribution is 7.97. The number of thiophene rings is 1. The minimum atomic E-state index is -4.38. The van der Waals surface area contributed by atoms with Crippen molar-refractivity contribution in [3.63, 3.8) is 0 Å². The summed E-state index contributed by atoms with van der Waals surface area (Å²) in [5.74, 6) is 6.64. The lowest BCUT2D eigenvalue weighted by Crippen LogP contribution is -2.46. The lowest BCUT2D eigenvalue weighted by atomic mass is 10.0. The number of fused-ring (bicyclic) bond motifs is 2.